The van der Waals surface area contributed by atoms with E-state index in [1.165, 1.54) is 12.8 Å². The summed E-state index contributed by atoms with van der Waals surface area (Å²) in [5, 5.41) is 3.99. The molecule has 4 nitrogen and oxygen atoms in total. The highest BCUT2D eigenvalue weighted by molar-refractivity contribution is 6.34. The minimum Gasteiger partial charge on any atom is -0.371 e. The van der Waals surface area contributed by atoms with Gasteiger partial charge in [-0.1, -0.05) is 29.8 Å². The Bertz CT molecular complexity index is 817. The van der Waals surface area contributed by atoms with Crippen LogP contribution >= 0.6 is 11.6 Å². The van der Waals surface area contributed by atoms with Gasteiger partial charge in [0.05, 0.1) is 10.6 Å². The highest BCUT2D eigenvalue weighted by atomic mass is 35.5. The maximum atomic E-state index is 13.3. The standard InChI is InChI=1S/C21H24ClN3O/c1-15-14-25(20-7-3-2-6-16(20)13-23-15)21(26)18-9-8-17(12-19(18)22)24-10-4-5-11-24/h2-3,6-9,12,15,23H,4-5,10-11,13-14H2,1H3. The number of fused-ring (bicyclic) bond motifs is 1. The summed E-state index contributed by atoms with van der Waals surface area (Å²) in [7, 11) is 0. The Morgan fingerprint density at radius 3 is 2.69 bits per heavy atom. The van der Waals surface area contributed by atoms with Crippen molar-refractivity contribution < 1.29 is 4.79 Å². The van der Waals surface area contributed by atoms with Crippen LogP contribution in [0.5, 0.6) is 0 Å². The Kier molecular flexibility index (Phi) is 4.88. The fourth-order valence-electron chi connectivity index (χ4n) is 3.83. The number of hydrogen-bond donors (Lipinski definition) is 1. The molecule has 1 unspecified atom stereocenters. The molecule has 2 aromatic carbocycles. The number of carbonyl (C=O) groups excluding carboxylic acids is 1. The second-order valence-corrected chi connectivity index (χ2v) is 7.59. The summed E-state index contributed by atoms with van der Waals surface area (Å²) in [6.07, 6.45) is 2.43. The first kappa shape index (κ1) is 17.4. The molecular formula is C21H24ClN3O. The fourth-order valence-corrected chi connectivity index (χ4v) is 4.09. The van der Waals surface area contributed by atoms with Gasteiger partial charge in [-0.15, -0.1) is 0 Å². The number of rotatable bonds is 2. The molecule has 1 N–H and O–H groups in total. The van der Waals surface area contributed by atoms with Crippen LogP contribution in [0.2, 0.25) is 5.02 Å². The maximum absolute atomic E-state index is 13.3. The Morgan fingerprint density at radius 2 is 1.92 bits per heavy atom. The smallest absolute Gasteiger partial charge is 0.259 e. The largest absolute Gasteiger partial charge is 0.371 e. The Hall–Kier alpha value is -2.04. The third kappa shape index (κ3) is 3.31. The number of hydrogen-bond acceptors (Lipinski definition) is 3. The highest BCUT2D eigenvalue weighted by Gasteiger charge is 2.26. The molecule has 0 bridgehead atoms. The van der Waals surface area contributed by atoms with Crippen LogP contribution in [0, 0.1) is 0 Å². The van der Waals surface area contributed by atoms with Gasteiger partial charge in [-0.25, -0.2) is 0 Å². The summed E-state index contributed by atoms with van der Waals surface area (Å²) in [5.41, 5.74) is 3.78. The lowest BCUT2D eigenvalue weighted by Crippen LogP contribution is -2.39. The highest BCUT2D eigenvalue weighted by Crippen LogP contribution is 2.30. The van der Waals surface area contributed by atoms with Gasteiger partial charge in [-0.3, -0.25) is 4.79 Å². The number of anilines is 2. The normalized spacial score (nSPS) is 20.0. The van der Waals surface area contributed by atoms with E-state index in [2.05, 4.69) is 23.2 Å². The first-order valence-electron chi connectivity index (χ1n) is 9.31. The van der Waals surface area contributed by atoms with Crippen LogP contribution in [0.1, 0.15) is 35.7 Å². The van der Waals surface area contributed by atoms with Crippen molar-refractivity contribution in [3.8, 4) is 0 Å². The van der Waals surface area contributed by atoms with Gasteiger partial charge >= 0.3 is 0 Å². The lowest BCUT2D eigenvalue weighted by Gasteiger charge is -2.25. The van der Waals surface area contributed by atoms with E-state index in [0.29, 0.717) is 17.1 Å². The Morgan fingerprint density at radius 1 is 1.15 bits per heavy atom. The second-order valence-electron chi connectivity index (χ2n) is 7.18. The first-order chi connectivity index (χ1) is 12.6. The number of benzene rings is 2. The maximum Gasteiger partial charge on any atom is 0.259 e. The Balaban J connectivity index is 1.66. The van der Waals surface area contributed by atoms with E-state index in [0.717, 1.165) is 36.6 Å². The zero-order chi connectivity index (χ0) is 18.1. The molecule has 2 aromatic rings. The Labute approximate surface area is 159 Å². The molecule has 0 aromatic heterocycles. The molecule has 2 heterocycles. The minimum absolute atomic E-state index is 0.0361. The topological polar surface area (TPSA) is 35.6 Å². The number of carbonyl (C=O) groups is 1. The molecule has 0 aliphatic carbocycles. The molecule has 1 atom stereocenters. The summed E-state index contributed by atoms with van der Waals surface area (Å²) in [4.78, 5) is 17.5. The van der Waals surface area contributed by atoms with E-state index in [-0.39, 0.29) is 11.9 Å². The monoisotopic (exact) mass is 369 g/mol. The number of amides is 1. The molecule has 136 valence electrons. The van der Waals surface area contributed by atoms with E-state index in [1.807, 2.05) is 41.3 Å². The minimum atomic E-state index is -0.0361. The SMILES string of the molecule is CC1CN(C(=O)c2ccc(N3CCCC3)cc2Cl)c2ccccc2CN1. The van der Waals surface area contributed by atoms with Gasteiger partial charge < -0.3 is 15.1 Å². The van der Waals surface area contributed by atoms with E-state index in [4.69, 9.17) is 11.6 Å². The van der Waals surface area contributed by atoms with Crippen molar-refractivity contribution in [2.45, 2.75) is 32.4 Å². The quantitative estimate of drug-likeness (QED) is 0.866. The van der Waals surface area contributed by atoms with Gasteiger partial charge in [0, 0.05) is 43.6 Å². The molecule has 0 radical (unpaired) electrons. The predicted octanol–water partition coefficient (Wildman–Crippen LogP) is 4.08. The third-order valence-corrected chi connectivity index (χ3v) is 5.59. The number of nitrogens with zero attached hydrogens (tertiary/aromatic N) is 2. The van der Waals surface area contributed by atoms with Gasteiger partial charge in [0.2, 0.25) is 0 Å². The molecule has 26 heavy (non-hydrogen) atoms. The molecule has 2 aliphatic rings. The summed E-state index contributed by atoms with van der Waals surface area (Å²) in [5.74, 6) is -0.0361. The van der Waals surface area contributed by atoms with Crippen molar-refractivity contribution in [1.29, 1.82) is 0 Å². The van der Waals surface area contributed by atoms with Crippen molar-refractivity contribution in [2.75, 3.05) is 29.4 Å². The van der Waals surface area contributed by atoms with Crippen LogP contribution in [0.15, 0.2) is 42.5 Å². The lowest BCUT2D eigenvalue weighted by atomic mass is 10.1. The van der Waals surface area contributed by atoms with Crippen molar-refractivity contribution in [2.24, 2.45) is 0 Å². The van der Waals surface area contributed by atoms with E-state index >= 15 is 0 Å². The van der Waals surface area contributed by atoms with Gasteiger partial charge in [0.1, 0.15) is 0 Å². The van der Waals surface area contributed by atoms with Crippen molar-refractivity contribution >= 4 is 28.9 Å². The van der Waals surface area contributed by atoms with Gasteiger partial charge in [-0.2, -0.15) is 0 Å². The van der Waals surface area contributed by atoms with Crippen LogP contribution in [-0.4, -0.2) is 31.6 Å². The molecule has 0 spiro atoms. The van der Waals surface area contributed by atoms with Crippen LogP contribution in [0.25, 0.3) is 0 Å². The van der Waals surface area contributed by atoms with Gasteiger partial charge in [-0.05, 0) is 49.6 Å². The fraction of sp³-hybridized carbons (Fsp3) is 0.381. The molecule has 5 heteroatoms. The zero-order valence-corrected chi connectivity index (χ0v) is 15.8. The van der Waals surface area contributed by atoms with Crippen molar-refractivity contribution in [3.63, 3.8) is 0 Å². The molecule has 1 saturated heterocycles. The second kappa shape index (κ2) is 7.29. The zero-order valence-electron chi connectivity index (χ0n) is 15.0. The average molecular weight is 370 g/mol. The number of halogens is 1. The number of nitrogens with one attached hydrogen (secondary N) is 1. The number of para-hydroxylation sites is 1. The summed E-state index contributed by atoms with van der Waals surface area (Å²) >= 11 is 6.54. The molecule has 1 fully saturated rings. The van der Waals surface area contributed by atoms with Gasteiger partial charge in [0.25, 0.3) is 5.91 Å². The van der Waals surface area contributed by atoms with Crippen LogP contribution in [0.4, 0.5) is 11.4 Å². The predicted molar refractivity (Wildman–Crippen MR) is 107 cm³/mol. The van der Waals surface area contributed by atoms with Crippen LogP contribution in [-0.2, 0) is 6.54 Å². The van der Waals surface area contributed by atoms with E-state index in [9.17, 15) is 4.79 Å². The summed E-state index contributed by atoms with van der Waals surface area (Å²) in [6, 6.07) is 14.1. The average Bonchev–Trinajstić information content (AvgIpc) is 3.13. The third-order valence-electron chi connectivity index (χ3n) is 5.28. The van der Waals surface area contributed by atoms with Crippen molar-refractivity contribution in [3.05, 3.63) is 58.6 Å². The van der Waals surface area contributed by atoms with Crippen LogP contribution in [0.3, 0.4) is 0 Å². The summed E-state index contributed by atoms with van der Waals surface area (Å²) in [6.45, 7) is 5.62. The molecular weight excluding hydrogens is 346 g/mol. The van der Waals surface area contributed by atoms with Gasteiger partial charge in [0.15, 0.2) is 0 Å². The molecule has 2 aliphatic heterocycles. The van der Waals surface area contributed by atoms with E-state index in [1.54, 1.807) is 0 Å². The van der Waals surface area contributed by atoms with E-state index < -0.39 is 0 Å². The lowest BCUT2D eigenvalue weighted by molar-refractivity contribution is 0.0985. The molecule has 4 rings (SSSR count). The van der Waals surface area contributed by atoms with Crippen LogP contribution < -0.4 is 15.1 Å². The first-order valence-corrected chi connectivity index (χ1v) is 9.69. The summed E-state index contributed by atoms with van der Waals surface area (Å²) < 4.78 is 0. The molecule has 0 saturated carbocycles. The molecule has 1 amide bonds. The van der Waals surface area contributed by atoms with Crippen molar-refractivity contribution in [1.82, 2.24) is 5.32 Å².